The average Bonchev–Trinajstić information content (AvgIpc) is 3.56. The molecule has 17 heteroatoms. The van der Waals surface area contributed by atoms with Gasteiger partial charge in [0.25, 0.3) is 11.8 Å². The van der Waals surface area contributed by atoms with Crippen molar-refractivity contribution in [2.24, 2.45) is 11.8 Å². The molecule has 8 rings (SSSR count). The van der Waals surface area contributed by atoms with Gasteiger partial charge >= 0.3 is 0 Å². The summed E-state index contributed by atoms with van der Waals surface area (Å²) in [5.74, 6) is -1.73. The van der Waals surface area contributed by atoms with Crippen molar-refractivity contribution < 1.29 is 47.4 Å². The molecule has 1 aromatic heterocycles. The number of imide groups is 2. The highest BCUT2D eigenvalue weighted by Crippen LogP contribution is 2.41. The molecule has 66 heavy (non-hydrogen) atoms. The van der Waals surface area contributed by atoms with E-state index in [9.17, 15) is 33.2 Å². The smallest absolute Gasteiger partial charge is 0.262 e. The molecular weight excluding hydrogens is 871 g/mol. The number of nitrogens with one attached hydrogen (secondary N) is 3. The van der Waals surface area contributed by atoms with Crippen LogP contribution >= 0.6 is 11.6 Å². The number of pyridine rings is 1. The standard InChI is InChI=1S/C49H54ClFN6O9/c1-29(30-2-4-31(5-3-30)36-14-18-53-41-11-6-32(51)26-38(36)41)46(60)54-34-8-10-40(50)43(28-34)66-35-15-20-56(21-16-35)45(59)17-22-64-24-25-65-23-19-52-33-7-9-37-39(27-33)49(63)57(48(37)62)42-12-13-44(58)55-47(42)61/h6-11,14,18,26-31,35,42,52H,2-5,12-13,15-17,19-25H2,1H3,(H,54,60)(H,55,58,61)/t29-,30?,31?,42?/m1/s1. The fraction of sp³-hybridized carbons (Fsp3) is 0.449. The number of hydrogen-bond acceptors (Lipinski definition) is 11. The number of rotatable bonds is 17. The molecule has 0 radical (unpaired) electrons. The van der Waals surface area contributed by atoms with Crippen LogP contribution in [0.5, 0.6) is 5.75 Å². The van der Waals surface area contributed by atoms with Gasteiger partial charge in [0.2, 0.25) is 23.6 Å². The number of hydrogen-bond donors (Lipinski definition) is 3. The Hall–Kier alpha value is -5.97. The molecule has 3 N–H and O–H groups in total. The fourth-order valence-electron chi connectivity index (χ4n) is 9.46. The summed E-state index contributed by atoms with van der Waals surface area (Å²) in [7, 11) is 0. The van der Waals surface area contributed by atoms with Gasteiger partial charge in [-0.2, -0.15) is 0 Å². The van der Waals surface area contributed by atoms with E-state index in [-0.39, 0.29) is 72.6 Å². The van der Waals surface area contributed by atoms with Crippen LogP contribution in [0.2, 0.25) is 5.02 Å². The number of halogens is 2. The number of nitrogens with zero attached hydrogens (tertiary/aromatic N) is 3. The quantitative estimate of drug-likeness (QED) is 0.0741. The molecule has 15 nitrogen and oxygen atoms in total. The topological polar surface area (TPSA) is 186 Å². The van der Waals surface area contributed by atoms with Crippen LogP contribution < -0.4 is 20.7 Å². The summed E-state index contributed by atoms with van der Waals surface area (Å²) >= 11 is 6.53. The van der Waals surface area contributed by atoms with Crippen molar-refractivity contribution in [2.45, 2.75) is 82.8 Å². The fourth-order valence-corrected chi connectivity index (χ4v) is 9.62. The number of aromatic nitrogens is 1. The molecule has 1 aliphatic carbocycles. The summed E-state index contributed by atoms with van der Waals surface area (Å²) in [4.78, 5) is 83.3. The van der Waals surface area contributed by atoms with Crippen LogP contribution in [-0.4, -0.2) is 108 Å². The number of carbonyl (C=O) groups excluding carboxylic acids is 6. The zero-order valence-electron chi connectivity index (χ0n) is 36.8. The molecular formula is C49H54ClFN6O9. The molecule has 0 bridgehead atoms. The number of benzene rings is 3. The van der Waals surface area contributed by atoms with Crippen LogP contribution in [-0.2, 0) is 28.7 Å². The van der Waals surface area contributed by atoms with Gasteiger partial charge in [-0.05, 0) is 104 Å². The van der Waals surface area contributed by atoms with Crippen molar-refractivity contribution in [3.05, 3.63) is 94.4 Å². The minimum absolute atomic E-state index is 0.0000701. The largest absolute Gasteiger partial charge is 0.489 e. The third kappa shape index (κ3) is 10.8. The SMILES string of the molecule is C[C@@H](C(=O)Nc1ccc(Cl)c(OC2CCN(C(=O)CCOCCOCCNc3ccc4c(c3)C(=O)N(C3CCC(=O)NC3=O)C4=O)CC2)c1)C1CCC(c2ccnc3ccc(F)cc23)CC1. The number of ether oxygens (including phenoxy) is 3. The van der Waals surface area contributed by atoms with Gasteiger partial charge in [-0.1, -0.05) is 18.5 Å². The molecule has 4 aromatic rings. The van der Waals surface area contributed by atoms with E-state index >= 15 is 0 Å². The van der Waals surface area contributed by atoms with Crippen molar-refractivity contribution in [1.82, 2.24) is 20.1 Å². The molecule has 4 heterocycles. The van der Waals surface area contributed by atoms with Crippen molar-refractivity contribution in [3.63, 3.8) is 0 Å². The average molecular weight is 925 g/mol. The molecule has 3 aliphatic heterocycles. The zero-order chi connectivity index (χ0) is 46.3. The van der Waals surface area contributed by atoms with Gasteiger partial charge in [-0.15, -0.1) is 0 Å². The first-order chi connectivity index (χ1) is 31.9. The molecule has 2 saturated heterocycles. The van der Waals surface area contributed by atoms with Crippen LogP contribution in [0.4, 0.5) is 15.8 Å². The van der Waals surface area contributed by atoms with E-state index in [0.717, 1.165) is 47.0 Å². The molecule has 3 aromatic carbocycles. The third-order valence-electron chi connectivity index (χ3n) is 13.2. The molecule has 6 amide bonds. The molecule has 1 unspecified atom stereocenters. The van der Waals surface area contributed by atoms with Crippen molar-refractivity contribution in [3.8, 4) is 5.75 Å². The van der Waals surface area contributed by atoms with Gasteiger partial charge in [-0.3, -0.25) is 44.0 Å². The maximum atomic E-state index is 14.1. The number of amides is 6. The minimum Gasteiger partial charge on any atom is -0.489 e. The van der Waals surface area contributed by atoms with Crippen molar-refractivity contribution >= 4 is 69.3 Å². The molecule has 1 saturated carbocycles. The Balaban J connectivity index is 0.689. The van der Waals surface area contributed by atoms with Crippen LogP contribution in [0.25, 0.3) is 10.9 Å². The van der Waals surface area contributed by atoms with E-state index in [1.165, 1.54) is 6.07 Å². The van der Waals surface area contributed by atoms with E-state index in [1.807, 2.05) is 17.9 Å². The third-order valence-corrected chi connectivity index (χ3v) is 13.5. The summed E-state index contributed by atoms with van der Waals surface area (Å²) in [5.41, 5.74) is 3.54. The van der Waals surface area contributed by atoms with Gasteiger partial charge < -0.3 is 29.7 Å². The molecule has 2 atom stereocenters. The van der Waals surface area contributed by atoms with Gasteiger partial charge in [0.1, 0.15) is 23.7 Å². The lowest BCUT2D eigenvalue weighted by Crippen LogP contribution is -2.54. The number of fused-ring (bicyclic) bond motifs is 2. The van der Waals surface area contributed by atoms with Crippen molar-refractivity contribution in [2.75, 3.05) is 56.7 Å². The lowest BCUT2D eigenvalue weighted by Gasteiger charge is -2.33. The lowest BCUT2D eigenvalue weighted by molar-refractivity contribution is -0.136. The van der Waals surface area contributed by atoms with Gasteiger partial charge in [0.05, 0.1) is 54.5 Å². The first-order valence-corrected chi connectivity index (χ1v) is 23.1. The Bertz CT molecular complexity index is 2490. The molecule has 3 fully saturated rings. The van der Waals surface area contributed by atoms with E-state index in [0.29, 0.717) is 80.4 Å². The number of anilines is 2. The predicted octanol–water partition coefficient (Wildman–Crippen LogP) is 6.88. The van der Waals surface area contributed by atoms with Gasteiger partial charge in [0.15, 0.2) is 0 Å². The Labute approximate surface area is 387 Å². The number of piperidine rings is 2. The van der Waals surface area contributed by atoms with Gasteiger partial charge in [-0.25, -0.2) is 4.39 Å². The summed E-state index contributed by atoms with van der Waals surface area (Å²) < 4.78 is 31.7. The van der Waals surface area contributed by atoms with Crippen LogP contribution in [0.15, 0.2) is 66.9 Å². The maximum Gasteiger partial charge on any atom is 0.262 e. The van der Waals surface area contributed by atoms with E-state index in [2.05, 4.69) is 20.9 Å². The Morgan fingerprint density at radius 1 is 0.848 bits per heavy atom. The molecule has 0 spiro atoms. The second kappa shape index (κ2) is 21.1. The molecule has 348 valence electrons. The first-order valence-electron chi connectivity index (χ1n) is 22.8. The van der Waals surface area contributed by atoms with E-state index in [4.69, 9.17) is 25.8 Å². The first kappa shape index (κ1) is 46.6. The maximum absolute atomic E-state index is 14.1. The number of carbonyl (C=O) groups is 6. The van der Waals surface area contributed by atoms with Crippen LogP contribution in [0, 0.1) is 17.7 Å². The highest BCUT2D eigenvalue weighted by molar-refractivity contribution is 6.32. The Kier molecular flexibility index (Phi) is 14.9. The zero-order valence-corrected chi connectivity index (χ0v) is 37.6. The van der Waals surface area contributed by atoms with Crippen molar-refractivity contribution in [1.29, 1.82) is 0 Å². The van der Waals surface area contributed by atoms with E-state index in [1.54, 1.807) is 54.7 Å². The highest BCUT2D eigenvalue weighted by Gasteiger charge is 2.44. The predicted molar refractivity (Wildman–Crippen MR) is 244 cm³/mol. The Morgan fingerprint density at radius 3 is 2.36 bits per heavy atom. The van der Waals surface area contributed by atoms with Crippen LogP contribution in [0.1, 0.15) is 96.9 Å². The molecule has 4 aliphatic rings. The van der Waals surface area contributed by atoms with Gasteiger partial charge in [0, 0.05) is 73.8 Å². The second-order valence-corrected chi connectivity index (χ2v) is 17.8. The summed E-state index contributed by atoms with van der Waals surface area (Å²) in [6, 6.07) is 15.7. The highest BCUT2D eigenvalue weighted by atomic mass is 35.5. The van der Waals surface area contributed by atoms with Crippen LogP contribution in [0.3, 0.4) is 0 Å². The Morgan fingerprint density at radius 2 is 1.59 bits per heavy atom. The lowest BCUT2D eigenvalue weighted by atomic mass is 9.73. The second-order valence-electron chi connectivity index (χ2n) is 17.4. The minimum atomic E-state index is -1.02. The summed E-state index contributed by atoms with van der Waals surface area (Å²) in [5, 5.41) is 9.72. The number of likely N-dealkylation sites (tertiary alicyclic amines) is 1. The normalized spacial score (nSPS) is 20.6. The van der Waals surface area contributed by atoms with E-state index < -0.39 is 29.7 Å². The monoisotopic (exact) mass is 924 g/mol. The summed E-state index contributed by atoms with van der Waals surface area (Å²) in [6.45, 7) is 4.70. The summed E-state index contributed by atoms with van der Waals surface area (Å²) in [6.07, 6.45) is 6.92.